The summed E-state index contributed by atoms with van der Waals surface area (Å²) in [5.41, 5.74) is 0.738. The minimum absolute atomic E-state index is 0.258. The van der Waals surface area contributed by atoms with Crippen LogP contribution >= 0.6 is 11.8 Å². The third-order valence-corrected chi connectivity index (χ3v) is 4.48. The Labute approximate surface area is 158 Å². The molecule has 1 aliphatic heterocycles. The zero-order valence-corrected chi connectivity index (χ0v) is 14.6. The Morgan fingerprint density at radius 3 is 2.74 bits per heavy atom. The van der Waals surface area contributed by atoms with Gasteiger partial charge in [-0.1, -0.05) is 17.8 Å². The molecule has 1 heterocycles. The van der Waals surface area contributed by atoms with Crippen LogP contribution in [0.5, 0.6) is 11.5 Å². The highest BCUT2D eigenvalue weighted by atomic mass is 32.2. The Morgan fingerprint density at radius 1 is 1.26 bits per heavy atom. The van der Waals surface area contributed by atoms with Gasteiger partial charge in [-0.25, -0.2) is 4.39 Å². The van der Waals surface area contributed by atoms with Gasteiger partial charge in [0.15, 0.2) is 5.17 Å². The highest BCUT2D eigenvalue weighted by Crippen LogP contribution is 2.23. The van der Waals surface area contributed by atoms with E-state index >= 15 is 0 Å². The average Bonchev–Trinajstić information content (AvgIpc) is 2.95. The fourth-order valence-electron chi connectivity index (χ4n) is 2.18. The number of hydrogen-bond acceptors (Lipinski definition) is 6. The number of amidine groups is 1. The number of hydrogen-bond donors (Lipinski definition) is 2. The number of carbonyl (C=O) groups excluding carboxylic acids is 1. The Kier molecular flexibility index (Phi) is 5.82. The molecule has 0 spiro atoms. The van der Waals surface area contributed by atoms with Gasteiger partial charge < -0.3 is 15.2 Å². The van der Waals surface area contributed by atoms with Crippen LogP contribution in [0.2, 0.25) is 0 Å². The Hall–Kier alpha value is -3.20. The second-order valence-electron chi connectivity index (χ2n) is 5.47. The molecule has 1 amide bonds. The summed E-state index contributed by atoms with van der Waals surface area (Å²) in [7, 11) is 0. The number of amides is 1. The third kappa shape index (κ3) is 5.38. The fourth-order valence-corrected chi connectivity index (χ4v) is 3.10. The molecule has 1 saturated heterocycles. The maximum absolute atomic E-state index is 13.1. The molecule has 2 N–H and O–H groups in total. The van der Waals surface area contributed by atoms with Crippen LogP contribution in [0.3, 0.4) is 0 Å². The zero-order valence-electron chi connectivity index (χ0n) is 13.8. The lowest BCUT2D eigenvalue weighted by atomic mass is 10.2. The topological polar surface area (TPSA) is 100 Å². The molecule has 0 saturated carbocycles. The average molecular weight is 387 g/mol. The highest BCUT2D eigenvalue weighted by molar-refractivity contribution is 8.15. The van der Waals surface area contributed by atoms with Crippen molar-refractivity contribution in [2.75, 3.05) is 0 Å². The number of aliphatic carboxylic acids is 1. The number of halogens is 1. The maximum atomic E-state index is 13.1. The first-order chi connectivity index (χ1) is 13.0. The molecule has 0 bridgehead atoms. The van der Waals surface area contributed by atoms with E-state index < -0.39 is 17.1 Å². The summed E-state index contributed by atoms with van der Waals surface area (Å²) >= 11 is 1.03. The molecule has 0 radical (unpaired) electrons. The van der Waals surface area contributed by atoms with Crippen molar-refractivity contribution in [3.05, 3.63) is 59.9 Å². The standard InChI is InChI=1S/C18H14FN3O4S/c19-12-2-1-3-14(8-12)26-13-6-4-11(5-7-13)10-20-22-18-21-17(25)15(27-18)9-16(23)24/h1-8,10,15H,9H2,(H,23,24)(H,21,22,25). The number of rotatable bonds is 6. The van der Waals surface area contributed by atoms with Crippen LogP contribution in [0, 0.1) is 5.82 Å². The van der Waals surface area contributed by atoms with Crippen molar-refractivity contribution >= 4 is 35.0 Å². The normalized spacial score (nSPS) is 18.0. The second kappa shape index (κ2) is 8.45. The molecule has 0 aliphatic carbocycles. The summed E-state index contributed by atoms with van der Waals surface area (Å²) in [4.78, 5) is 22.3. The highest BCUT2D eigenvalue weighted by Gasteiger charge is 2.32. The van der Waals surface area contributed by atoms with Crippen LogP contribution in [-0.2, 0) is 9.59 Å². The van der Waals surface area contributed by atoms with E-state index in [1.165, 1.54) is 18.3 Å². The van der Waals surface area contributed by atoms with Crippen molar-refractivity contribution in [2.45, 2.75) is 11.7 Å². The Bertz CT molecular complexity index is 915. The molecule has 2 aromatic rings. The fraction of sp³-hybridized carbons (Fsp3) is 0.111. The van der Waals surface area contributed by atoms with Gasteiger partial charge in [0.2, 0.25) is 5.91 Å². The first kappa shape index (κ1) is 18.6. The minimum atomic E-state index is -1.05. The van der Waals surface area contributed by atoms with Crippen LogP contribution < -0.4 is 10.1 Å². The van der Waals surface area contributed by atoms with Crippen molar-refractivity contribution in [3.63, 3.8) is 0 Å². The van der Waals surface area contributed by atoms with E-state index in [1.807, 2.05) is 0 Å². The molecule has 27 heavy (non-hydrogen) atoms. The number of benzene rings is 2. The minimum Gasteiger partial charge on any atom is -0.481 e. The summed E-state index contributed by atoms with van der Waals surface area (Å²) in [6, 6.07) is 12.7. The second-order valence-corrected chi connectivity index (χ2v) is 6.66. The van der Waals surface area contributed by atoms with Gasteiger partial charge in [-0.3, -0.25) is 9.59 Å². The van der Waals surface area contributed by atoms with Gasteiger partial charge in [0.05, 0.1) is 12.6 Å². The Morgan fingerprint density at radius 2 is 2.04 bits per heavy atom. The first-order valence-electron chi connectivity index (χ1n) is 7.83. The molecule has 1 atom stereocenters. The van der Waals surface area contributed by atoms with Gasteiger partial charge >= 0.3 is 5.97 Å². The summed E-state index contributed by atoms with van der Waals surface area (Å²) in [6.07, 6.45) is 1.21. The van der Waals surface area contributed by atoms with E-state index in [1.54, 1.807) is 36.4 Å². The van der Waals surface area contributed by atoms with Gasteiger partial charge in [0.25, 0.3) is 0 Å². The lowest BCUT2D eigenvalue weighted by Gasteiger charge is -2.05. The number of ether oxygens (including phenoxy) is 1. The monoisotopic (exact) mass is 387 g/mol. The molecule has 9 heteroatoms. The number of carboxylic acids is 1. The molecule has 3 rings (SSSR count). The molecule has 1 aliphatic rings. The van der Waals surface area contributed by atoms with Crippen molar-refractivity contribution in [1.29, 1.82) is 0 Å². The van der Waals surface area contributed by atoms with E-state index in [0.717, 1.165) is 17.3 Å². The first-order valence-corrected chi connectivity index (χ1v) is 8.71. The molecular weight excluding hydrogens is 373 g/mol. The Balaban J connectivity index is 1.58. The molecule has 1 unspecified atom stereocenters. The largest absolute Gasteiger partial charge is 0.481 e. The predicted molar refractivity (Wildman–Crippen MR) is 99.7 cm³/mol. The van der Waals surface area contributed by atoms with Crippen molar-refractivity contribution < 1.29 is 23.8 Å². The number of carboxylic acid groups (broad SMARTS) is 1. The molecule has 138 valence electrons. The quantitative estimate of drug-likeness (QED) is 0.586. The lowest BCUT2D eigenvalue weighted by Crippen LogP contribution is -2.26. The van der Waals surface area contributed by atoms with Crippen LogP contribution in [0.4, 0.5) is 4.39 Å². The van der Waals surface area contributed by atoms with E-state index in [4.69, 9.17) is 9.84 Å². The molecule has 2 aromatic carbocycles. The van der Waals surface area contributed by atoms with Crippen molar-refractivity contribution in [2.24, 2.45) is 10.2 Å². The van der Waals surface area contributed by atoms with Crippen LogP contribution in [0.15, 0.2) is 58.7 Å². The molecule has 0 aromatic heterocycles. The number of carbonyl (C=O) groups is 2. The number of nitrogens with one attached hydrogen (secondary N) is 1. The maximum Gasteiger partial charge on any atom is 0.305 e. The van der Waals surface area contributed by atoms with Crippen LogP contribution in [-0.4, -0.2) is 33.6 Å². The van der Waals surface area contributed by atoms with Gasteiger partial charge in [-0.05, 0) is 42.0 Å². The van der Waals surface area contributed by atoms with Gasteiger partial charge in [-0.15, -0.1) is 5.10 Å². The number of nitrogens with zero attached hydrogens (tertiary/aromatic N) is 2. The van der Waals surface area contributed by atoms with Crippen LogP contribution in [0.25, 0.3) is 0 Å². The summed E-state index contributed by atoms with van der Waals surface area (Å²) in [6.45, 7) is 0. The van der Waals surface area contributed by atoms with Crippen molar-refractivity contribution in [3.8, 4) is 11.5 Å². The summed E-state index contributed by atoms with van der Waals surface area (Å²) < 4.78 is 18.7. The summed E-state index contributed by atoms with van der Waals surface area (Å²) in [5, 5.41) is 18.5. The van der Waals surface area contributed by atoms with E-state index in [-0.39, 0.29) is 17.4 Å². The SMILES string of the molecule is O=C(O)CC1SC(=NN=Cc2ccc(Oc3cccc(F)c3)cc2)NC1=O. The zero-order chi connectivity index (χ0) is 19.2. The lowest BCUT2D eigenvalue weighted by molar-refractivity contribution is -0.138. The van der Waals surface area contributed by atoms with Gasteiger partial charge in [0, 0.05) is 6.07 Å². The van der Waals surface area contributed by atoms with E-state index in [9.17, 15) is 14.0 Å². The van der Waals surface area contributed by atoms with E-state index in [0.29, 0.717) is 11.5 Å². The summed E-state index contributed by atoms with van der Waals surface area (Å²) in [5.74, 6) is -0.882. The van der Waals surface area contributed by atoms with Crippen LogP contribution in [0.1, 0.15) is 12.0 Å². The third-order valence-electron chi connectivity index (χ3n) is 3.40. The number of thioether (sulfide) groups is 1. The molecule has 7 nitrogen and oxygen atoms in total. The van der Waals surface area contributed by atoms with Crippen molar-refractivity contribution in [1.82, 2.24) is 5.32 Å². The van der Waals surface area contributed by atoms with Gasteiger partial charge in [-0.2, -0.15) is 5.10 Å². The predicted octanol–water partition coefficient (Wildman–Crippen LogP) is 3.01. The van der Waals surface area contributed by atoms with E-state index in [2.05, 4.69) is 15.5 Å². The smallest absolute Gasteiger partial charge is 0.305 e. The molecular formula is C18H14FN3O4S. The van der Waals surface area contributed by atoms with Gasteiger partial charge in [0.1, 0.15) is 22.6 Å². The molecule has 1 fully saturated rings.